The molecule has 1 N–H and O–H groups in total. The van der Waals surface area contributed by atoms with Crippen LogP contribution < -0.4 is 14.5 Å². The van der Waals surface area contributed by atoms with Crippen molar-refractivity contribution in [2.45, 2.75) is 24.6 Å². The molecule has 2 aliphatic rings. The van der Waals surface area contributed by atoms with Crippen LogP contribution in [-0.2, 0) is 21.3 Å². The van der Waals surface area contributed by atoms with Gasteiger partial charge in [-0.25, -0.2) is 13.1 Å². The van der Waals surface area contributed by atoms with Crippen LogP contribution in [0.2, 0.25) is 0 Å². The second-order valence-corrected chi connectivity index (χ2v) is 7.96. The Morgan fingerprint density at radius 1 is 1.22 bits per heavy atom. The van der Waals surface area contributed by atoms with Gasteiger partial charge in [-0.3, -0.25) is 0 Å². The van der Waals surface area contributed by atoms with Crippen molar-refractivity contribution in [3.8, 4) is 0 Å². The first-order valence-electron chi connectivity index (χ1n) is 7.69. The number of nitrogens with zero attached hydrogens (tertiary/aromatic N) is 5. The van der Waals surface area contributed by atoms with E-state index in [-0.39, 0.29) is 11.8 Å². The minimum absolute atomic E-state index is 0.0829. The molecule has 3 rings (SSSR count). The van der Waals surface area contributed by atoms with E-state index in [1.165, 1.54) is 0 Å². The molecule has 2 heterocycles. The minimum atomic E-state index is -3.25. The third kappa shape index (κ3) is 4.06. The van der Waals surface area contributed by atoms with E-state index in [0.717, 1.165) is 12.8 Å². The van der Waals surface area contributed by atoms with Crippen molar-refractivity contribution in [3.63, 3.8) is 0 Å². The SMILES string of the molecule is CN(C)c1nc(CNS(=O)(=O)C2CC2)nc(N2CCOCC2)n1. The monoisotopic (exact) mass is 342 g/mol. The van der Waals surface area contributed by atoms with Gasteiger partial charge in [-0.05, 0) is 12.8 Å². The van der Waals surface area contributed by atoms with Crippen molar-refractivity contribution in [3.05, 3.63) is 5.82 Å². The van der Waals surface area contributed by atoms with Gasteiger partial charge in [0.05, 0.1) is 25.0 Å². The van der Waals surface area contributed by atoms with Gasteiger partial charge in [-0.15, -0.1) is 0 Å². The number of sulfonamides is 1. The zero-order chi connectivity index (χ0) is 16.4. The predicted octanol–water partition coefficient (Wildman–Crippen LogP) is -0.644. The maximum atomic E-state index is 12.0. The summed E-state index contributed by atoms with van der Waals surface area (Å²) < 4.78 is 31.8. The average Bonchev–Trinajstić information content (AvgIpc) is 3.39. The minimum Gasteiger partial charge on any atom is -0.378 e. The fraction of sp³-hybridized carbons (Fsp3) is 0.769. The summed E-state index contributed by atoms with van der Waals surface area (Å²) in [4.78, 5) is 17.0. The van der Waals surface area contributed by atoms with E-state index in [1.54, 1.807) is 4.90 Å². The number of aromatic nitrogens is 3. The summed E-state index contributed by atoms with van der Waals surface area (Å²) in [5.74, 6) is 1.50. The van der Waals surface area contributed by atoms with Crippen LogP contribution in [0, 0.1) is 0 Å². The average molecular weight is 342 g/mol. The highest BCUT2D eigenvalue weighted by Gasteiger charge is 2.35. The Labute approximate surface area is 136 Å². The molecule has 23 heavy (non-hydrogen) atoms. The van der Waals surface area contributed by atoms with Crippen molar-refractivity contribution < 1.29 is 13.2 Å². The maximum Gasteiger partial charge on any atom is 0.230 e. The highest BCUT2D eigenvalue weighted by molar-refractivity contribution is 7.90. The summed E-state index contributed by atoms with van der Waals surface area (Å²) in [5.41, 5.74) is 0. The molecule has 0 radical (unpaired) electrons. The molecule has 0 bridgehead atoms. The van der Waals surface area contributed by atoms with E-state index >= 15 is 0 Å². The van der Waals surface area contributed by atoms with E-state index in [4.69, 9.17) is 4.74 Å². The molecular formula is C13H22N6O3S. The van der Waals surface area contributed by atoms with Crippen molar-refractivity contribution in [2.24, 2.45) is 0 Å². The third-order valence-electron chi connectivity index (χ3n) is 3.75. The van der Waals surface area contributed by atoms with E-state index in [2.05, 4.69) is 19.7 Å². The Hall–Kier alpha value is -1.52. The molecule has 1 aliphatic carbocycles. The topological polar surface area (TPSA) is 101 Å². The first-order valence-corrected chi connectivity index (χ1v) is 9.24. The molecule has 0 unspecified atom stereocenters. The predicted molar refractivity (Wildman–Crippen MR) is 86.0 cm³/mol. The Bertz CT molecular complexity index is 656. The molecule has 1 aromatic rings. The summed E-state index contributed by atoms with van der Waals surface area (Å²) in [6.07, 6.45) is 1.46. The Balaban J connectivity index is 1.79. The summed E-state index contributed by atoms with van der Waals surface area (Å²) in [5, 5.41) is -0.253. The van der Waals surface area contributed by atoms with Crippen LogP contribution >= 0.6 is 0 Å². The lowest BCUT2D eigenvalue weighted by molar-refractivity contribution is 0.122. The zero-order valence-electron chi connectivity index (χ0n) is 13.4. The van der Waals surface area contributed by atoms with Gasteiger partial charge in [0.25, 0.3) is 0 Å². The fourth-order valence-corrected chi connectivity index (χ4v) is 3.56. The van der Waals surface area contributed by atoms with Crippen LogP contribution in [0.3, 0.4) is 0 Å². The molecule has 0 aromatic carbocycles. The smallest absolute Gasteiger partial charge is 0.230 e. The fourth-order valence-electron chi connectivity index (χ4n) is 2.24. The Morgan fingerprint density at radius 3 is 2.52 bits per heavy atom. The molecule has 0 atom stereocenters. The second kappa shape index (κ2) is 6.54. The van der Waals surface area contributed by atoms with Crippen molar-refractivity contribution >= 4 is 21.9 Å². The van der Waals surface area contributed by atoms with Gasteiger partial charge in [0, 0.05) is 27.2 Å². The van der Waals surface area contributed by atoms with Crippen LogP contribution in [0.25, 0.3) is 0 Å². The van der Waals surface area contributed by atoms with Crippen LogP contribution in [-0.4, -0.2) is 69.0 Å². The summed E-state index contributed by atoms with van der Waals surface area (Å²) in [6, 6.07) is 0. The summed E-state index contributed by atoms with van der Waals surface area (Å²) >= 11 is 0. The number of hydrogen-bond donors (Lipinski definition) is 1. The lowest BCUT2D eigenvalue weighted by Gasteiger charge is -2.27. The zero-order valence-corrected chi connectivity index (χ0v) is 14.2. The van der Waals surface area contributed by atoms with Crippen LogP contribution in [0.4, 0.5) is 11.9 Å². The first-order chi connectivity index (χ1) is 11.0. The van der Waals surface area contributed by atoms with Gasteiger partial charge < -0.3 is 14.5 Å². The molecule has 2 fully saturated rings. The largest absolute Gasteiger partial charge is 0.378 e. The first kappa shape index (κ1) is 16.3. The molecule has 10 heteroatoms. The van der Waals surface area contributed by atoms with Crippen molar-refractivity contribution in [2.75, 3.05) is 50.2 Å². The molecule has 9 nitrogen and oxygen atoms in total. The standard InChI is InChI=1S/C13H22N6O3S/c1-18(2)12-15-11(9-14-23(20,21)10-3-4-10)16-13(17-12)19-5-7-22-8-6-19/h10,14H,3-9H2,1-2H3. The molecule has 1 aromatic heterocycles. The Kier molecular flexibility index (Phi) is 4.64. The number of ether oxygens (including phenoxy) is 1. The van der Waals surface area contributed by atoms with E-state index in [0.29, 0.717) is 44.0 Å². The number of hydrogen-bond acceptors (Lipinski definition) is 8. The van der Waals surface area contributed by atoms with Gasteiger partial charge in [0.15, 0.2) is 5.82 Å². The van der Waals surface area contributed by atoms with Crippen LogP contribution in [0.15, 0.2) is 0 Å². The summed E-state index contributed by atoms with van der Waals surface area (Å²) in [6.45, 7) is 2.77. The number of anilines is 2. The molecule has 128 valence electrons. The van der Waals surface area contributed by atoms with Gasteiger partial charge in [-0.2, -0.15) is 15.0 Å². The lowest BCUT2D eigenvalue weighted by Crippen LogP contribution is -2.38. The highest BCUT2D eigenvalue weighted by Crippen LogP contribution is 2.27. The van der Waals surface area contributed by atoms with Gasteiger partial charge >= 0.3 is 0 Å². The summed E-state index contributed by atoms with van der Waals surface area (Å²) in [7, 11) is 0.434. The second-order valence-electron chi connectivity index (χ2n) is 5.91. The highest BCUT2D eigenvalue weighted by atomic mass is 32.2. The van der Waals surface area contributed by atoms with Crippen molar-refractivity contribution in [1.82, 2.24) is 19.7 Å². The quantitative estimate of drug-likeness (QED) is 0.728. The van der Waals surface area contributed by atoms with E-state index in [9.17, 15) is 8.42 Å². The molecular weight excluding hydrogens is 320 g/mol. The van der Waals surface area contributed by atoms with E-state index < -0.39 is 10.0 Å². The van der Waals surface area contributed by atoms with Crippen LogP contribution in [0.1, 0.15) is 18.7 Å². The van der Waals surface area contributed by atoms with E-state index in [1.807, 2.05) is 19.0 Å². The molecule has 0 amide bonds. The van der Waals surface area contributed by atoms with Crippen molar-refractivity contribution in [1.29, 1.82) is 0 Å². The van der Waals surface area contributed by atoms with Crippen LogP contribution in [0.5, 0.6) is 0 Å². The maximum absolute atomic E-state index is 12.0. The molecule has 1 aliphatic heterocycles. The molecule has 1 saturated heterocycles. The van der Waals surface area contributed by atoms with Gasteiger partial charge in [-0.1, -0.05) is 0 Å². The number of nitrogens with one attached hydrogen (secondary N) is 1. The number of rotatable bonds is 6. The number of morpholine rings is 1. The Morgan fingerprint density at radius 2 is 1.91 bits per heavy atom. The normalized spacial score (nSPS) is 19.0. The third-order valence-corrected chi connectivity index (χ3v) is 5.64. The molecule has 1 saturated carbocycles. The van der Waals surface area contributed by atoms with Gasteiger partial charge in [0.2, 0.25) is 21.9 Å². The lowest BCUT2D eigenvalue weighted by atomic mass is 10.4. The van der Waals surface area contributed by atoms with Gasteiger partial charge in [0.1, 0.15) is 0 Å². The molecule has 0 spiro atoms.